The summed E-state index contributed by atoms with van der Waals surface area (Å²) in [4.78, 5) is 15.4. The fourth-order valence-electron chi connectivity index (χ4n) is 6.98. The van der Waals surface area contributed by atoms with Crippen LogP contribution in [0.4, 0.5) is 0 Å². The van der Waals surface area contributed by atoms with Crippen LogP contribution in [0.5, 0.6) is 5.75 Å². The molecule has 0 aliphatic heterocycles. The summed E-state index contributed by atoms with van der Waals surface area (Å²) in [6.07, 6.45) is 11.4. The van der Waals surface area contributed by atoms with Crippen LogP contribution in [-0.4, -0.2) is 43.2 Å². The molecule has 1 aromatic carbocycles. The van der Waals surface area contributed by atoms with Gasteiger partial charge in [-0.3, -0.25) is 4.98 Å². The topological polar surface area (TPSA) is 77.9 Å². The van der Waals surface area contributed by atoms with Crippen LogP contribution in [-0.2, 0) is 14.9 Å². The lowest BCUT2D eigenvalue weighted by atomic mass is 9.48. The van der Waals surface area contributed by atoms with Gasteiger partial charge in [-0.15, -0.1) is 0 Å². The minimum absolute atomic E-state index is 0.189. The van der Waals surface area contributed by atoms with Crippen LogP contribution in [0.25, 0.3) is 11.6 Å². The van der Waals surface area contributed by atoms with Gasteiger partial charge < -0.3 is 19.3 Å². The van der Waals surface area contributed by atoms with Crippen LogP contribution in [0.15, 0.2) is 36.5 Å². The van der Waals surface area contributed by atoms with Crippen molar-refractivity contribution < 1.29 is 24.1 Å². The van der Waals surface area contributed by atoms with E-state index in [0.717, 1.165) is 40.3 Å². The molecule has 0 atom stereocenters. The largest absolute Gasteiger partial charge is 0.478 e. The number of aromatic nitrogens is 1. The molecule has 1 heterocycles. The third-order valence-electron chi connectivity index (χ3n) is 8.17. The van der Waals surface area contributed by atoms with E-state index >= 15 is 0 Å². The summed E-state index contributed by atoms with van der Waals surface area (Å²) in [5, 5.41) is 9.13. The molecule has 2 aromatic rings. The molecule has 0 unspecified atom stereocenters. The van der Waals surface area contributed by atoms with Gasteiger partial charge in [0.25, 0.3) is 0 Å². The van der Waals surface area contributed by atoms with E-state index in [9.17, 15) is 4.79 Å². The Morgan fingerprint density at radius 1 is 1.06 bits per heavy atom. The quantitative estimate of drug-likeness (QED) is 0.344. The van der Waals surface area contributed by atoms with Crippen molar-refractivity contribution in [3.05, 3.63) is 58.9 Å². The molecule has 35 heavy (non-hydrogen) atoms. The lowest BCUT2D eigenvalue weighted by Gasteiger charge is -2.57. The fourth-order valence-corrected chi connectivity index (χ4v) is 6.98. The molecule has 1 aromatic heterocycles. The molecule has 4 aliphatic carbocycles. The molecule has 186 valence electrons. The highest BCUT2D eigenvalue weighted by atomic mass is 16.7. The van der Waals surface area contributed by atoms with E-state index < -0.39 is 5.97 Å². The lowest BCUT2D eigenvalue weighted by Crippen LogP contribution is -2.48. The van der Waals surface area contributed by atoms with Gasteiger partial charge in [0.05, 0.1) is 24.5 Å². The average Bonchev–Trinajstić information content (AvgIpc) is 2.83. The van der Waals surface area contributed by atoms with Gasteiger partial charge in [-0.2, -0.15) is 0 Å². The molecule has 4 bridgehead atoms. The number of nitrogens with zero attached hydrogens (tertiary/aromatic N) is 1. The highest BCUT2D eigenvalue weighted by molar-refractivity contribution is 5.87. The minimum atomic E-state index is -0.966. The summed E-state index contributed by atoms with van der Waals surface area (Å²) in [6.45, 7) is 3.36. The SMILES string of the molecule is COCCOCOc1ccc(/C(C)=C\c2ccc(C(=O)O)cn2)cc1C12CC3CC(CC(C3)C1)C2. The number of aromatic carboxylic acids is 1. The number of benzene rings is 1. The third-order valence-corrected chi connectivity index (χ3v) is 8.17. The van der Waals surface area contributed by atoms with E-state index in [1.807, 2.05) is 6.08 Å². The van der Waals surface area contributed by atoms with Crippen LogP contribution < -0.4 is 4.74 Å². The van der Waals surface area contributed by atoms with Crippen molar-refractivity contribution in [3.8, 4) is 5.75 Å². The van der Waals surface area contributed by atoms with Gasteiger partial charge >= 0.3 is 5.97 Å². The maximum absolute atomic E-state index is 11.1. The number of carboxylic acid groups (broad SMARTS) is 1. The highest BCUT2D eigenvalue weighted by Gasteiger charge is 2.52. The zero-order valence-corrected chi connectivity index (χ0v) is 20.7. The molecule has 6 rings (SSSR count). The number of methoxy groups -OCH3 is 1. The van der Waals surface area contributed by atoms with Crippen LogP contribution in [0.3, 0.4) is 0 Å². The van der Waals surface area contributed by atoms with E-state index in [4.69, 9.17) is 19.3 Å². The van der Waals surface area contributed by atoms with Crippen molar-refractivity contribution in [2.24, 2.45) is 17.8 Å². The molecule has 0 amide bonds. The summed E-state index contributed by atoms with van der Waals surface area (Å²) in [5.74, 6) is 2.48. The number of ether oxygens (including phenoxy) is 3. The number of rotatable bonds is 10. The van der Waals surface area contributed by atoms with Crippen molar-refractivity contribution in [2.45, 2.75) is 50.9 Å². The first-order valence-corrected chi connectivity index (χ1v) is 12.7. The Kier molecular flexibility index (Phi) is 6.94. The fraction of sp³-hybridized carbons (Fsp3) is 0.517. The molecular formula is C29H35NO5. The number of hydrogen-bond donors (Lipinski definition) is 1. The number of pyridine rings is 1. The van der Waals surface area contributed by atoms with Crippen molar-refractivity contribution in [2.75, 3.05) is 27.1 Å². The molecule has 0 spiro atoms. The second-order valence-corrected chi connectivity index (χ2v) is 10.7. The molecule has 6 heteroatoms. The number of carboxylic acids is 1. The van der Waals surface area contributed by atoms with Crippen LogP contribution in [0.2, 0.25) is 0 Å². The molecule has 4 saturated carbocycles. The average molecular weight is 478 g/mol. The first kappa shape index (κ1) is 24.0. The molecule has 0 saturated heterocycles. The predicted octanol–water partition coefficient (Wildman–Crippen LogP) is 5.81. The van der Waals surface area contributed by atoms with E-state index in [2.05, 4.69) is 30.1 Å². The van der Waals surface area contributed by atoms with E-state index in [0.29, 0.717) is 13.2 Å². The third kappa shape index (κ3) is 5.14. The number of hydrogen-bond acceptors (Lipinski definition) is 5. The van der Waals surface area contributed by atoms with Gasteiger partial charge in [0.15, 0.2) is 6.79 Å². The number of carbonyl (C=O) groups is 1. The zero-order valence-electron chi connectivity index (χ0n) is 20.7. The van der Waals surface area contributed by atoms with Gasteiger partial charge in [-0.1, -0.05) is 6.07 Å². The van der Waals surface area contributed by atoms with Crippen LogP contribution >= 0.6 is 0 Å². The Labute approximate surface area is 207 Å². The van der Waals surface area contributed by atoms with E-state index in [1.54, 1.807) is 19.2 Å². The van der Waals surface area contributed by atoms with Gasteiger partial charge in [0.2, 0.25) is 0 Å². The second-order valence-electron chi connectivity index (χ2n) is 10.7. The van der Waals surface area contributed by atoms with Crippen molar-refractivity contribution >= 4 is 17.6 Å². The van der Waals surface area contributed by atoms with Crippen molar-refractivity contribution in [1.29, 1.82) is 0 Å². The molecule has 0 radical (unpaired) electrons. The van der Waals surface area contributed by atoms with Gasteiger partial charge in [0, 0.05) is 18.9 Å². The summed E-state index contributed by atoms with van der Waals surface area (Å²) in [7, 11) is 1.67. The summed E-state index contributed by atoms with van der Waals surface area (Å²) >= 11 is 0. The molecule has 1 N–H and O–H groups in total. The molecule has 6 nitrogen and oxygen atoms in total. The van der Waals surface area contributed by atoms with Gasteiger partial charge in [-0.25, -0.2) is 4.79 Å². The molecule has 4 fully saturated rings. The van der Waals surface area contributed by atoms with Crippen molar-refractivity contribution in [1.82, 2.24) is 4.98 Å². The molecular weight excluding hydrogens is 442 g/mol. The standard InChI is InChI=1S/C29H35NO5/c1-19(9-25-5-3-24(17-30-25)28(31)32)23-4-6-27(35-18-34-8-7-33-2)26(13-23)29-14-20-10-21(15-29)12-22(11-20)16-29/h3-6,9,13,17,20-22H,7-8,10-12,14-16,18H2,1-2H3,(H,31,32)/b19-9-. The Morgan fingerprint density at radius 2 is 1.74 bits per heavy atom. The Hall–Kier alpha value is -2.70. The monoisotopic (exact) mass is 477 g/mol. The van der Waals surface area contributed by atoms with Crippen LogP contribution in [0.1, 0.15) is 72.6 Å². The van der Waals surface area contributed by atoms with Crippen LogP contribution in [0, 0.1) is 17.8 Å². The first-order valence-electron chi connectivity index (χ1n) is 12.7. The predicted molar refractivity (Wildman–Crippen MR) is 134 cm³/mol. The Morgan fingerprint density at radius 3 is 2.34 bits per heavy atom. The highest BCUT2D eigenvalue weighted by Crippen LogP contribution is 2.62. The summed E-state index contributed by atoms with van der Waals surface area (Å²) in [5.41, 5.74) is 4.69. The summed E-state index contributed by atoms with van der Waals surface area (Å²) in [6, 6.07) is 9.87. The number of allylic oxidation sites excluding steroid dienone is 1. The summed E-state index contributed by atoms with van der Waals surface area (Å²) < 4.78 is 16.9. The zero-order chi connectivity index (χ0) is 24.4. The lowest BCUT2D eigenvalue weighted by molar-refractivity contribution is -0.0189. The van der Waals surface area contributed by atoms with Crippen molar-refractivity contribution in [3.63, 3.8) is 0 Å². The van der Waals surface area contributed by atoms with Gasteiger partial charge in [-0.05, 0) is 110 Å². The maximum Gasteiger partial charge on any atom is 0.337 e. The normalized spacial score (nSPS) is 27.3. The molecule has 4 aliphatic rings. The van der Waals surface area contributed by atoms with E-state index in [-0.39, 0.29) is 17.8 Å². The van der Waals surface area contributed by atoms with E-state index in [1.165, 1.54) is 50.3 Å². The second kappa shape index (κ2) is 10.1. The maximum atomic E-state index is 11.1. The minimum Gasteiger partial charge on any atom is -0.478 e. The Balaban J connectivity index is 1.44. The smallest absolute Gasteiger partial charge is 0.337 e. The first-order chi connectivity index (χ1) is 17.0. The Bertz CT molecular complexity index is 1060. The van der Waals surface area contributed by atoms with Gasteiger partial charge in [0.1, 0.15) is 5.75 Å².